The van der Waals surface area contributed by atoms with E-state index in [1.165, 1.54) is 6.20 Å². The van der Waals surface area contributed by atoms with Crippen LogP contribution < -0.4 is 9.46 Å². The fourth-order valence-electron chi connectivity index (χ4n) is 2.96. The zero-order valence-electron chi connectivity index (χ0n) is 14.6. The lowest BCUT2D eigenvalue weighted by molar-refractivity contribution is 0.343. The van der Waals surface area contributed by atoms with E-state index in [4.69, 9.17) is 4.74 Å². The fourth-order valence-corrected chi connectivity index (χ4v) is 4.56. The number of nitrogens with zero attached hydrogens (tertiary/aromatic N) is 2. The van der Waals surface area contributed by atoms with Crippen molar-refractivity contribution >= 4 is 42.9 Å². The summed E-state index contributed by atoms with van der Waals surface area (Å²) < 4.78 is 76.1. The number of hydrogen-bond acceptors (Lipinski definition) is 4. The van der Waals surface area contributed by atoms with Crippen LogP contribution in [-0.2, 0) is 10.2 Å². The molecule has 29 heavy (non-hydrogen) atoms. The molecule has 0 saturated carbocycles. The molecule has 1 atom stereocenters. The molecule has 154 valence electrons. The predicted octanol–water partition coefficient (Wildman–Crippen LogP) is 4.10. The van der Waals surface area contributed by atoms with E-state index in [1.54, 1.807) is 12.3 Å². The third kappa shape index (κ3) is 3.91. The maximum atomic E-state index is 14.9. The molecular formula is C17H14BrF3N4O3S. The van der Waals surface area contributed by atoms with Gasteiger partial charge >= 0.3 is 10.2 Å². The van der Waals surface area contributed by atoms with Crippen molar-refractivity contribution in [3.05, 3.63) is 46.7 Å². The number of halogens is 4. The van der Waals surface area contributed by atoms with E-state index in [9.17, 15) is 21.6 Å². The van der Waals surface area contributed by atoms with Gasteiger partial charge in [0, 0.05) is 30.0 Å². The number of fused-ring (bicyclic) bond motifs is 1. The van der Waals surface area contributed by atoms with Crippen molar-refractivity contribution in [2.75, 3.05) is 17.8 Å². The summed E-state index contributed by atoms with van der Waals surface area (Å²) in [4.78, 5) is 6.92. The monoisotopic (exact) mass is 490 g/mol. The highest BCUT2D eigenvalue weighted by atomic mass is 79.9. The van der Waals surface area contributed by atoms with Crippen LogP contribution in [0.4, 0.5) is 18.9 Å². The smallest absolute Gasteiger partial charge is 0.301 e. The molecule has 0 bridgehead atoms. The third-order valence-electron chi connectivity index (χ3n) is 4.39. The highest BCUT2D eigenvalue weighted by molar-refractivity contribution is 9.10. The van der Waals surface area contributed by atoms with E-state index in [2.05, 4.69) is 25.9 Å². The largest absolute Gasteiger partial charge is 0.449 e. The van der Waals surface area contributed by atoms with Crippen molar-refractivity contribution in [2.24, 2.45) is 0 Å². The molecule has 7 nitrogen and oxygen atoms in total. The van der Waals surface area contributed by atoms with Crippen LogP contribution in [0.25, 0.3) is 11.0 Å². The lowest BCUT2D eigenvalue weighted by Crippen LogP contribution is -2.34. The van der Waals surface area contributed by atoms with E-state index >= 15 is 0 Å². The van der Waals surface area contributed by atoms with Crippen molar-refractivity contribution in [3.63, 3.8) is 0 Å². The Morgan fingerprint density at radius 3 is 2.86 bits per heavy atom. The highest BCUT2D eigenvalue weighted by Crippen LogP contribution is 2.36. The van der Waals surface area contributed by atoms with Crippen LogP contribution in [0.5, 0.6) is 11.5 Å². The van der Waals surface area contributed by atoms with Gasteiger partial charge in [-0.05, 0) is 40.5 Å². The van der Waals surface area contributed by atoms with Crippen LogP contribution in [-0.4, -0.2) is 42.0 Å². The molecule has 0 radical (unpaired) electrons. The molecule has 2 N–H and O–H groups in total. The molecule has 12 heteroatoms. The molecular weight excluding hydrogens is 477 g/mol. The number of nitrogens with one attached hydrogen (secondary N) is 2. The Morgan fingerprint density at radius 1 is 1.34 bits per heavy atom. The molecule has 0 spiro atoms. The van der Waals surface area contributed by atoms with Gasteiger partial charge in [-0.2, -0.15) is 12.7 Å². The zero-order chi connectivity index (χ0) is 20.8. The van der Waals surface area contributed by atoms with Crippen molar-refractivity contribution < 1.29 is 26.3 Å². The van der Waals surface area contributed by atoms with E-state index in [0.717, 1.165) is 16.4 Å². The average Bonchev–Trinajstić information content (AvgIpc) is 3.28. The second kappa shape index (κ2) is 7.50. The molecule has 2 aromatic heterocycles. The second-order valence-corrected chi connectivity index (χ2v) is 8.98. The van der Waals surface area contributed by atoms with Crippen molar-refractivity contribution in [3.8, 4) is 11.5 Å². The number of rotatable bonds is 5. The van der Waals surface area contributed by atoms with Crippen LogP contribution >= 0.6 is 15.9 Å². The van der Waals surface area contributed by atoms with Gasteiger partial charge in [-0.25, -0.2) is 18.2 Å². The number of alkyl halides is 1. The molecule has 1 aliphatic heterocycles. The molecule has 4 rings (SSSR count). The third-order valence-corrected chi connectivity index (χ3v) is 6.32. The number of aromatic nitrogens is 2. The maximum Gasteiger partial charge on any atom is 0.301 e. The SMILES string of the molecule is O=S(=O)(Nc1ccc(F)c(Oc2c[nH]c3ncc(Br)cc23)c1F)N1CCC(F)C1. The van der Waals surface area contributed by atoms with E-state index < -0.39 is 39.5 Å². The predicted molar refractivity (Wildman–Crippen MR) is 104 cm³/mol. The summed E-state index contributed by atoms with van der Waals surface area (Å²) in [6.07, 6.45) is 1.70. The summed E-state index contributed by atoms with van der Waals surface area (Å²) in [6.45, 7) is -0.349. The molecule has 1 aromatic carbocycles. The quantitative estimate of drug-likeness (QED) is 0.563. The average molecular weight is 491 g/mol. The molecule has 1 fully saturated rings. The number of ether oxygens (including phenoxy) is 1. The van der Waals surface area contributed by atoms with E-state index in [1.807, 2.05) is 4.72 Å². The number of benzene rings is 1. The number of anilines is 1. The van der Waals surface area contributed by atoms with E-state index in [-0.39, 0.29) is 25.3 Å². The Labute approximate surface area is 172 Å². The van der Waals surface area contributed by atoms with Crippen LogP contribution in [0.15, 0.2) is 35.1 Å². The van der Waals surface area contributed by atoms with Crippen LogP contribution in [0.1, 0.15) is 6.42 Å². The Bertz CT molecular complexity index is 1190. The summed E-state index contributed by atoms with van der Waals surface area (Å²) in [7, 11) is -4.20. The molecule has 3 aromatic rings. The first kappa shape index (κ1) is 20.0. The van der Waals surface area contributed by atoms with Gasteiger partial charge in [0.1, 0.15) is 11.8 Å². The summed E-state index contributed by atoms with van der Waals surface area (Å²) in [5.74, 6) is -2.93. The Balaban J connectivity index is 1.66. The maximum absolute atomic E-state index is 14.9. The van der Waals surface area contributed by atoms with Gasteiger partial charge < -0.3 is 9.72 Å². The van der Waals surface area contributed by atoms with E-state index in [0.29, 0.717) is 15.5 Å². The van der Waals surface area contributed by atoms with Gasteiger partial charge in [0.25, 0.3) is 0 Å². The normalized spacial score (nSPS) is 17.7. The molecule has 1 unspecified atom stereocenters. The lowest BCUT2D eigenvalue weighted by Gasteiger charge is -2.18. The number of aromatic amines is 1. The molecule has 0 aliphatic carbocycles. The zero-order valence-corrected chi connectivity index (χ0v) is 17.0. The number of pyridine rings is 1. The van der Waals surface area contributed by atoms with Gasteiger partial charge in [-0.15, -0.1) is 0 Å². The summed E-state index contributed by atoms with van der Waals surface area (Å²) >= 11 is 3.26. The van der Waals surface area contributed by atoms with Gasteiger partial charge in [0.15, 0.2) is 17.4 Å². The first-order chi connectivity index (χ1) is 13.7. The van der Waals surface area contributed by atoms with Crippen molar-refractivity contribution in [1.82, 2.24) is 14.3 Å². The highest BCUT2D eigenvalue weighted by Gasteiger charge is 2.32. The van der Waals surface area contributed by atoms with Gasteiger partial charge in [0.05, 0.1) is 11.1 Å². The van der Waals surface area contributed by atoms with Crippen LogP contribution in [0.3, 0.4) is 0 Å². The van der Waals surface area contributed by atoms with Gasteiger partial charge in [-0.1, -0.05) is 0 Å². The Kier molecular flexibility index (Phi) is 5.17. The van der Waals surface area contributed by atoms with Crippen LogP contribution in [0, 0.1) is 11.6 Å². The lowest BCUT2D eigenvalue weighted by atomic mass is 10.2. The summed E-state index contributed by atoms with van der Waals surface area (Å²) in [5.41, 5.74) is -0.0708. The first-order valence-corrected chi connectivity index (χ1v) is 10.7. The van der Waals surface area contributed by atoms with Crippen molar-refractivity contribution in [2.45, 2.75) is 12.6 Å². The van der Waals surface area contributed by atoms with Crippen molar-refractivity contribution in [1.29, 1.82) is 0 Å². The molecule has 3 heterocycles. The minimum Gasteiger partial charge on any atom is -0.449 e. The first-order valence-electron chi connectivity index (χ1n) is 8.45. The van der Waals surface area contributed by atoms with Gasteiger partial charge in [-0.3, -0.25) is 4.72 Å². The minimum absolute atomic E-state index is 0.0279. The van der Waals surface area contributed by atoms with Gasteiger partial charge in [0.2, 0.25) is 5.75 Å². The second-order valence-electron chi connectivity index (χ2n) is 6.39. The molecule has 0 amide bonds. The Morgan fingerprint density at radius 2 is 2.14 bits per heavy atom. The molecule has 1 saturated heterocycles. The number of H-pyrrole nitrogens is 1. The fraction of sp³-hybridized carbons (Fsp3) is 0.235. The Hall–Kier alpha value is -2.31. The minimum atomic E-state index is -4.20. The number of hydrogen-bond donors (Lipinski definition) is 2. The topological polar surface area (TPSA) is 87.3 Å². The summed E-state index contributed by atoms with van der Waals surface area (Å²) in [5, 5.41) is 0.468. The summed E-state index contributed by atoms with van der Waals surface area (Å²) in [6, 6.07) is 3.46. The standard InChI is InChI=1S/C17H14BrF3N4O3S/c18-9-5-11-14(7-23-17(11)22-6-9)28-16-12(20)1-2-13(15(16)21)24-29(26,27)25-4-3-10(19)8-25/h1-2,5-7,10,24H,3-4,8H2,(H,22,23). The van der Waals surface area contributed by atoms with Crippen LogP contribution in [0.2, 0.25) is 0 Å². The molecule has 1 aliphatic rings.